The van der Waals surface area contributed by atoms with Crippen molar-refractivity contribution in [3.63, 3.8) is 0 Å². The van der Waals surface area contributed by atoms with Crippen molar-refractivity contribution >= 4 is 33.6 Å². The van der Waals surface area contributed by atoms with E-state index >= 15 is 0 Å². The normalized spacial score (nSPS) is 11.9. The summed E-state index contributed by atoms with van der Waals surface area (Å²) in [6, 6.07) is 18.8. The average molecular weight is 435 g/mol. The fourth-order valence-electron chi connectivity index (χ4n) is 3.74. The Morgan fingerprint density at radius 2 is 1.81 bits per heavy atom. The Hall–Kier alpha value is -4.07. The predicted molar refractivity (Wildman–Crippen MR) is 115 cm³/mol. The van der Waals surface area contributed by atoms with Crippen molar-refractivity contribution in [2.45, 2.75) is 13.1 Å². The number of fused-ring (bicyclic) bond motifs is 2. The van der Waals surface area contributed by atoms with Gasteiger partial charge < -0.3 is 14.3 Å². The maximum absolute atomic E-state index is 13.3. The van der Waals surface area contributed by atoms with Crippen LogP contribution in [0.2, 0.25) is 0 Å². The molecule has 8 heteroatoms. The van der Waals surface area contributed by atoms with Gasteiger partial charge in [-0.1, -0.05) is 24.3 Å². The molecule has 0 atom stereocenters. The first-order chi connectivity index (χ1) is 15.3. The Labute approximate surface area is 180 Å². The molecule has 5 nitrogen and oxygen atoms in total. The Kier molecular flexibility index (Phi) is 4.51. The molecule has 0 unspecified atom stereocenters. The predicted octanol–water partition coefficient (Wildman–Crippen LogP) is 6.35. The van der Waals surface area contributed by atoms with Crippen LogP contribution in [0.5, 0.6) is 0 Å². The zero-order valence-electron chi connectivity index (χ0n) is 16.8. The highest BCUT2D eigenvalue weighted by molar-refractivity contribution is 6.07. The smallest absolute Gasteiger partial charge is 0.416 e. The van der Waals surface area contributed by atoms with Gasteiger partial charge in [0.15, 0.2) is 11.5 Å². The topological polar surface area (TPSA) is 60.1 Å². The Morgan fingerprint density at radius 3 is 2.62 bits per heavy atom. The minimum Gasteiger partial charge on any atom is -0.441 e. The first-order valence-electron chi connectivity index (χ1n) is 9.76. The lowest BCUT2D eigenvalue weighted by Crippen LogP contribution is -2.16. The summed E-state index contributed by atoms with van der Waals surface area (Å²) in [5.74, 6) is 0.0475. The summed E-state index contributed by atoms with van der Waals surface area (Å²) in [6.07, 6.45) is -4.49. The molecule has 0 saturated heterocycles. The van der Waals surface area contributed by atoms with Gasteiger partial charge in [-0.2, -0.15) is 13.2 Å². The van der Waals surface area contributed by atoms with E-state index in [9.17, 15) is 18.0 Å². The molecule has 160 valence electrons. The fraction of sp³-hybridized carbons (Fsp3) is 0.0833. The van der Waals surface area contributed by atoms with Gasteiger partial charge >= 0.3 is 6.18 Å². The molecule has 0 saturated carbocycles. The second-order valence-corrected chi connectivity index (χ2v) is 7.34. The number of oxazole rings is 1. The van der Waals surface area contributed by atoms with Crippen LogP contribution in [0.4, 0.5) is 18.9 Å². The summed E-state index contributed by atoms with van der Waals surface area (Å²) < 4.78 is 46.9. The third kappa shape index (κ3) is 3.49. The molecule has 2 aromatic heterocycles. The summed E-state index contributed by atoms with van der Waals surface area (Å²) in [4.78, 5) is 17.5. The number of nitrogens with one attached hydrogen (secondary N) is 1. The van der Waals surface area contributed by atoms with Gasteiger partial charge in [-0.05, 0) is 48.5 Å². The monoisotopic (exact) mass is 435 g/mol. The quantitative estimate of drug-likeness (QED) is 0.359. The molecule has 1 amide bonds. The van der Waals surface area contributed by atoms with E-state index in [4.69, 9.17) is 4.42 Å². The van der Waals surface area contributed by atoms with E-state index in [1.807, 2.05) is 0 Å². The first kappa shape index (κ1) is 19.9. The summed E-state index contributed by atoms with van der Waals surface area (Å²) in [5, 5.41) is 3.55. The average Bonchev–Trinajstić information content (AvgIpc) is 3.32. The minimum atomic E-state index is -4.49. The van der Waals surface area contributed by atoms with Crippen LogP contribution in [0.1, 0.15) is 21.9 Å². The third-order valence-electron chi connectivity index (χ3n) is 5.13. The number of alkyl halides is 3. The molecule has 3 aromatic carbocycles. The van der Waals surface area contributed by atoms with Crippen LogP contribution in [0, 0.1) is 6.92 Å². The van der Waals surface area contributed by atoms with Crippen molar-refractivity contribution in [3.05, 3.63) is 89.9 Å². The summed E-state index contributed by atoms with van der Waals surface area (Å²) in [5.41, 5.74) is 1.98. The number of carbonyl (C=O) groups is 1. The van der Waals surface area contributed by atoms with E-state index in [2.05, 4.69) is 10.3 Å². The third-order valence-corrected chi connectivity index (χ3v) is 5.13. The van der Waals surface area contributed by atoms with E-state index in [0.29, 0.717) is 28.2 Å². The van der Waals surface area contributed by atoms with Gasteiger partial charge in [0.2, 0.25) is 0 Å². The van der Waals surface area contributed by atoms with Crippen molar-refractivity contribution in [2.24, 2.45) is 0 Å². The largest absolute Gasteiger partial charge is 0.441 e. The summed E-state index contributed by atoms with van der Waals surface area (Å²) in [7, 11) is 0. The lowest BCUT2D eigenvalue weighted by Gasteiger charge is -2.14. The standard InChI is InChI=1S/C24H16F3N3O2/c1-14-28-19-13-17(9-10-22(19)32-14)29-23(31)21-11-15-5-2-3-8-20(15)30(21)18-7-4-6-16(12-18)24(25,26)27/h2-13H,1H3,(H,29,31). The van der Waals surface area contributed by atoms with Gasteiger partial charge in [-0.25, -0.2) is 4.98 Å². The van der Waals surface area contributed by atoms with Crippen molar-refractivity contribution in [1.29, 1.82) is 0 Å². The number of halogens is 3. The molecule has 0 aliphatic rings. The number of hydrogen-bond acceptors (Lipinski definition) is 3. The number of aryl methyl sites for hydroxylation is 1. The number of anilines is 1. The number of carbonyl (C=O) groups excluding carboxylic acids is 1. The van der Waals surface area contributed by atoms with Gasteiger partial charge in [0.05, 0.1) is 11.1 Å². The SMILES string of the molecule is Cc1nc2cc(NC(=O)c3cc4ccccc4n3-c3cccc(C(F)(F)F)c3)ccc2o1. The van der Waals surface area contributed by atoms with E-state index in [1.165, 1.54) is 10.6 Å². The van der Waals surface area contributed by atoms with Crippen molar-refractivity contribution in [3.8, 4) is 5.69 Å². The highest BCUT2D eigenvalue weighted by atomic mass is 19.4. The number of rotatable bonds is 3. The molecule has 0 bridgehead atoms. The van der Waals surface area contributed by atoms with Crippen molar-refractivity contribution < 1.29 is 22.4 Å². The van der Waals surface area contributed by atoms with Gasteiger partial charge in [-0.15, -0.1) is 0 Å². The number of aromatic nitrogens is 2. The van der Waals surface area contributed by atoms with Gasteiger partial charge in [0, 0.05) is 23.7 Å². The highest BCUT2D eigenvalue weighted by Crippen LogP contribution is 2.32. The zero-order valence-corrected chi connectivity index (χ0v) is 16.8. The molecule has 0 fully saturated rings. The van der Waals surface area contributed by atoms with Crippen LogP contribution < -0.4 is 5.32 Å². The Morgan fingerprint density at radius 1 is 1.00 bits per heavy atom. The Balaban J connectivity index is 1.60. The van der Waals surface area contributed by atoms with Crippen LogP contribution in [0.3, 0.4) is 0 Å². The molecule has 0 spiro atoms. The first-order valence-corrected chi connectivity index (χ1v) is 9.76. The molecule has 2 heterocycles. The second-order valence-electron chi connectivity index (χ2n) is 7.34. The molecule has 0 aliphatic heterocycles. The minimum absolute atomic E-state index is 0.210. The molecule has 0 radical (unpaired) electrons. The second kappa shape index (κ2) is 7.26. The lowest BCUT2D eigenvalue weighted by molar-refractivity contribution is -0.137. The van der Waals surface area contributed by atoms with E-state index in [0.717, 1.165) is 17.5 Å². The number of nitrogens with zero attached hydrogens (tertiary/aromatic N) is 2. The number of para-hydroxylation sites is 1. The molecule has 1 N–H and O–H groups in total. The molecular formula is C24H16F3N3O2. The number of benzene rings is 3. The van der Waals surface area contributed by atoms with Crippen LogP contribution in [-0.2, 0) is 6.18 Å². The molecular weight excluding hydrogens is 419 g/mol. The van der Waals surface area contributed by atoms with E-state index in [1.54, 1.807) is 61.5 Å². The maximum Gasteiger partial charge on any atom is 0.416 e. The fourth-order valence-corrected chi connectivity index (χ4v) is 3.74. The molecule has 0 aliphatic carbocycles. The summed E-state index contributed by atoms with van der Waals surface area (Å²) in [6.45, 7) is 1.73. The lowest BCUT2D eigenvalue weighted by atomic mass is 10.2. The highest BCUT2D eigenvalue weighted by Gasteiger charge is 2.31. The van der Waals surface area contributed by atoms with Crippen molar-refractivity contribution in [1.82, 2.24) is 9.55 Å². The van der Waals surface area contributed by atoms with E-state index in [-0.39, 0.29) is 11.4 Å². The molecule has 5 aromatic rings. The number of amides is 1. The van der Waals surface area contributed by atoms with Crippen LogP contribution in [0.15, 0.2) is 77.2 Å². The molecule has 5 rings (SSSR count). The van der Waals surface area contributed by atoms with Crippen LogP contribution >= 0.6 is 0 Å². The number of hydrogen-bond donors (Lipinski definition) is 1. The van der Waals surface area contributed by atoms with Crippen molar-refractivity contribution in [2.75, 3.05) is 5.32 Å². The summed E-state index contributed by atoms with van der Waals surface area (Å²) >= 11 is 0. The van der Waals surface area contributed by atoms with Gasteiger partial charge in [0.1, 0.15) is 11.2 Å². The van der Waals surface area contributed by atoms with Crippen LogP contribution in [-0.4, -0.2) is 15.5 Å². The molecule has 32 heavy (non-hydrogen) atoms. The zero-order chi connectivity index (χ0) is 22.5. The van der Waals surface area contributed by atoms with E-state index < -0.39 is 17.6 Å². The van der Waals surface area contributed by atoms with Gasteiger partial charge in [0.25, 0.3) is 5.91 Å². The van der Waals surface area contributed by atoms with Gasteiger partial charge in [-0.3, -0.25) is 4.79 Å². The Bertz CT molecular complexity index is 1480. The maximum atomic E-state index is 13.3. The van der Waals surface area contributed by atoms with Crippen LogP contribution in [0.25, 0.3) is 27.7 Å².